The van der Waals surface area contributed by atoms with Gasteiger partial charge in [0.05, 0.1) is 18.0 Å². The number of carbonyl (C=O) groups is 3. The maximum atomic E-state index is 13.1. The number of imide groups is 1. The van der Waals surface area contributed by atoms with E-state index in [4.69, 9.17) is 4.74 Å². The first-order valence-corrected chi connectivity index (χ1v) is 10.4. The molecule has 7 nitrogen and oxygen atoms in total. The number of hydrogen-bond acceptors (Lipinski definition) is 8. The summed E-state index contributed by atoms with van der Waals surface area (Å²) in [4.78, 5) is 39.3. The van der Waals surface area contributed by atoms with Crippen molar-refractivity contribution in [3.8, 4) is 0 Å². The first kappa shape index (κ1) is 19.3. The molecule has 0 bridgehead atoms. The molecule has 2 amide bonds. The number of para-hydroxylation sites is 2. The minimum atomic E-state index is -0.573. The third-order valence-electron chi connectivity index (χ3n) is 4.01. The van der Waals surface area contributed by atoms with Gasteiger partial charge in [-0.25, -0.2) is 14.7 Å². The van der Waals surface area contributed by atoms with Gasteiger partial charge >= 0.3 is 5.97 Å². The molecule has 0 saturated carbocycles. The maximum Gasteiger partial charge on any atom is 0.365 e. The monoisotopic (exact) mass is 425 g/mol. The zero-order chi connectivity index (χ0) is 20.4. The molecule has 2 aromatic rings. The van der Waals surface area contributed by atoms with Gasteiger partial charge in [0.25, 0.3) is 11.1 Å². The molecule has 146 valence electrons. The number of rotatable bonds is 4. The van der Waals surface area contributed by atoms with Crippen LogP contribution in [0.2, 0.25) is 0 Å². The summed E-state index contributed by atoms with van der Waals surface area (Å²) in [7, 11) is 0. The summed E-state index contributed by atoms with van der Waals surface area (Å²) >= 11 is 1.85. The van der Waals surface area contributed by atoms with Gasteiger partial charge in [-0.3, -0.25) is 9.59 Å². The quantitative estimate of drug-likeness (QED) is 0.537. The zero-order valence-electron chi connectivity index (χ0n) is 15.3. The highest BCUT2D eigenvalue weighted by molar-refractivity contribution is 8.22. The Hall–Kier alpha value is -3.04. The first-order chi connectivity index (χ1) is 14.1. The number of nitrogens with zero attached hydrogens (tertiary/aromatic N) is 3. The Morgan fingerprint density at radius 1 is 0.966 bits per heavy atom. The Morgan fingerprint density at radius 3 is 2.21 bits per heavy atom. The van der Waals surface area contributed by atoms with E-state index in [-0.39, 0.29) is 16.6 Å². The Kier molecular flexibility index (Phi) is 5.41. The molecule has 2 heterocycles. The van der Waals surface area contributed by atoms with Gasteiger partial charge < -0.3 is 4.74 Å². The summed E-state index contributed by atoms with van der Waals surface area (Å²) in [5.41, 5.74) is 1.16. The molecule has 2 aliphatic rings. The van der Waals surface area contributed by atoms with Crippen molar-refractivity contribution in [2.45, 2.75) is 6.92 Å². The Bertz CT molecular complexity index is 1040. The van der Waals surface area contributed by atoms with Crippen molar-refractivity contribution >= 4 is 57.1 Å². The molecular weight excluding hydrogens is 410 g/mol. The standard InChI is InChI=1S/C20H15N3O4S2/c1-2-27-19(25)16-21-23(14-11-7-4-8-12-14)18(29-16)15-17(24)22(20(26)28-15)13-9-5-3-6-10-13/h3-12H,2H2,1H3/b18-15+. The summed E-state index contributed by atoms with van der Waals surface area (Å²) < 4.78 is 5.05. The first-order valence-electron chi connectivity index (χ1n) is 8.74. The van der Waals surface area contributed by atoms with E-state index < -0.39 is 17.1 Å². The van der Waals surface area contributed by atoms with Gasteiger partial charge in [0, 0.05) is 0 Å². The second kappa shape index (κ2) is 8.14. The number of anilines is 2. The van der Waals surface area contributed by atoms with Gasteiger partial charge in [0.15, 0.2) is 0 Å². The van der Waals surface area contributed by atoms with Crippen LogP contribution in [0.3, 0.4) is 0 Å². The fourth-order valence-corrected chi connectivity index (χ4v) is 4.67. The van der Waals surface area contributed by atoms with E-state index in [2.05, 4.69) is 5.10 Å². The normalized spacial score (nSPS) is 19.0. The van der Waals surface area contributed by atoms with Gasteiger partial charge in [-0.05, 0) is 54.7 Å². The van der Waals surface area contributed by atoms with E-state index in [9.17, 15) is 14.4 Å². The largest absolute Gasteiger partial charge is 0.461 e. The lowest BCUT2D eigenvalue weighted by atomic mass is 10.3. The molecule has 0 spiro atoms. The van der Waals surface area contributed by atoms with Crippen molar-refractivity contribution < 1.29 is 19.1 Å². The lowest BCUT2D eigenvalue weighted by molar-refractivity contribution is -0.134. The molecular formula is C20H15N3O4S2. The molecule has 9 heteroatoms. The lowest BCUT2D eigenvalue weighted by Crippen LogP contribution is -2.28. The van der Waals surface area contributed by atoms with E-state index >= 15 is 0 Å². The number of thioether (sulfide) groups is 2. The number of carbonyl (C=O) groups excluding carboxylic acids is 3. The Morgan fingerprint density at radius 2 is 1.59 bits per heavy atom. The SMILES string of the molecule is CCOC(=O)C1=NN(c2ccccc2)/C(=C2\SC(=O)N(c3ccccc3)C2=O)S1. The van der Waals surface area contributed by atoms with Crippen LogP contribution < -0.4 is 9.91 Å². The Balaban J connectivity index is 1.75. The van der Waals surface area contributed by atoms with Crippen molar-refractivity contribution in [2.24, 2.45) is 5.10 Å². The highest BCUT2D eigenvalue weighted by Gasteiger charge is 2.42. The van der Waals surface area contributed by atoms with Crippen LogP contribution in [-0.2, 0) is 14.3 Å². The van der Waals surface area contributed by atoms with E-state index in [0.29, 0.717) is 16.4 Å². The molecule has 0 radical (unpaired) electrons. The summed E-state index contributed by atoms with van der Waals surface area (Å²) in [6.45, 7) is 1.92. The van der Waals surface area contributed by atoms with Crippen molar-refractivity contribution in [1.29, 1.82) is 0 Å². The summed E-state index contributed by atoms with van der Waals surface area (Å²) in [6, 6.07) is 17.8. The van der Waals surface area contributed by atoms with Crippen LogP contribution in [0, 0.1) is 0 Å². The average Bonchev–Trinajstić information content (AvgIpc) is 3.30. The predicted octanol–water partition coefficient (Wildman–Crippen LogP) is 4.19. The fraction of sp³-hybridized carbons (Fsp3) is 0.100. The molecule has 2 aliphatic heterocycles. The van der Waals surface area contributed by atoms with Gasteiger partial charge in [-0.1, -0.05) is 36.4 Å². The number of esters is 1. The molecule has 0 atom stereocenters. The number of benzene rings is 2. The highest BCUT2D eigenvalue weighted by atomic mass is 32.2. The third-order valence-corrected chi connectivity index (χ3v) is 6.08. The average molecular weight is 425 g/mol. The van der Waals surface area contributed by atoms with Gasteiger partial charge in [-0.15, -0.1) is 0 Å². The van der Waals surface area contributed by atoms with Gasteiger partial charge in [0.1, 0.15) is 9.93 Å². The van der Waals surface area contributed by atoms with Crippen LogP contribution in [-0.4, -0.2) is 28.8 Å². The van der Waals surface area contributed by atoms with Crippen molar-refractivity contribution in [1.82, 2.24) is 0 Å². The molecule has 0 N–H and O–H groups in total. The van der Waals surface area contributed by atoms with Crippen LogP contribution in [0.4, 0.5) is 16.2 Å². The molecule has 0 unspecified atom stereocenters. The van der Waals surface area contributed by atoms with Crippen LogP contribution in [0.15, 0.2) is 75.7 Å². The second-order valence-electron chi connectivity index (χ2n) is 5.85. The molecule has 29 heavy (non-hydrogen) atoms. The fourth-order valence-electron chi connectivity index (χ4n) is 2.75. The number of amides is 2. The summed E-state index contributed by atoms with van der Waals surface area (Å²) in [5, 5.41) is 5.96. The van der Waals surface area contributed by atoms with Crippen LogP contribution >= 0.6 is 23.5 Å². The van der Waals surface area contributed by atoms with Gasteiger partial charge in [0.2, 0.25) is 5.04 Å². The molecule has 2 aromatic carbocycles. The molecule has 1 saturated heterocycles. The number of hydrazone groups is 1. The molecule has 1 fully saturated rings. The third kappa shape index (κ3) is 3.66. The summed E-state index contributed by atoms with van der Waals surface area (Å²) in [6.07, 6.45) is 0. The van der Waals surface area contributed by atoms with E-state index in [0.717, 1.165) is 28.4 Å². The van der Waals surface area contributed by atoms with Crippen molar-refractivity contribution in [2.75, 3.05) is 16.5 Å². The highest BCUT2D eigenvalue weighted by Crippen LogP contribution is 2.44. The minimum absolute atomic E-state index is 0.109. The number of hydrogen-bond donors (Lipinski definition) is 0. The topological polar surface area (TPSA) is 79.3 Å². The lowest BCUT2D eigenvalue weighted by Gasteiger charge is -2.16. The molecule has 0 aliphatic carbocycles. The smallest absolute Gasteiger partial charge is 0.365 e. The zero-order valence-corrected chi connectivity index (χ0v) is 16.9. The molecule has 4 rings (SSSR count). The molecule has 0 aromatic heterocycles. The van der Waals surface area contributed by atoms with Gasteiger partial charge in [-0.2, -0.15) is 5.10 Å². The van der Waals surface area contributed by atoms with E-state index in [1.165, 1.54) is 5.01 Å². The summed E-state index contributed by atoms with van der Waals surface area (Å²) in [5.74, 6) is -1.02. The van der Waals surface area contributed by atoms with E-state index in [1.54, 1.807) is 43.3 Å². The second-order valence-corrected chi connectivity index (χ2v) is 7.79. The predicted molar refractivity (Wildman–Crippen MR) is 115 cm³/mol. The van der Waals surface area contributed by atoms with Crippen molar-refractivity contribution in [3.63, 3.8) is 0 Å². The Labute approximate surface area is 175 Å². The number of ether oxygens (including phenoxy) is 1. The maximum absolute atomic E-state index is 13.1. The van der Waals surface area contributed by atoms with Crippen LogP contribution in [0.1, 0.15) is 6.92 Å². The van der Waals surface area contributed by atoms with Crippen molar-refractivity contribution in [3.05, 3.63) is 70.6 Å². The van der Waals surface area contributed by atoms with Crippen LogP contribution in [0.5, 0.6) is 0 Å². The van der Waals surface area contributed by atoms with E-state index in [1.807, 2.05) is 24.3 Å². The minimum Gasteiger partial charge on any atom is -0.461 e. The van der Waals surface area contributed by atoms with Crippen LogP contribution in [0.25, 0.3) is 0 Å².